The molecule has 3 aromatic rings. The number of carbonyl (C=O) groups excluding carboxylic acids is 1. The van der Waals surface area contributed by atoms with Crippen molar-refractivity contribution in [1.29, 1.82) is 0 Å². The van der Waals surface area contributed by atoms with Gasteiger partial charge in [0.25, 0.3) is 11.9 Å². The molecular weight excluding hydrogens is 470 g/mol. The first kappa shape index (κ1) is 25.3. The van der Waals surface area contributed by atoms with Crippen LogP contribution in [0.1, 0.15) is 55.6 Å². The third-order valence-electron chi connectivity index (χ3n) is 6.55. The zero-order chi connectivity index (χ0) is 25.2. The Bertz CT molecular complexity index is 1200. The Kier molecular flexibility index (Phi) is 7.54. The Morgan fingerprint density at radius 2 is 2.20 bits per heavy atom. The van der Waals surface area contributed by atoms with Gasteiger partial charge in [-0.2, -0.15) is 4.98 Å². The molecule has 0 saturated carbocycles. The van der Waals surface area contributed by atoms with E-state index in [-0.39, 0.29) is 24.6 Å². The van der Waals surface area contributed by atoms with Crippen LogP contribution >= 0.6 is 11.6 Å². The molecule has 1 aliphatic heterocycles. The number of anilines is 1. The summed E-state index contributed by atoms with van der Waals surface area (Å²) >= 11 is 6.12. The highest BCUT2D eigenvalue weighted by Crippen LogP contribution is 2.33. The molecule has 1 fully saturated rings. The summed E-state index contributed by atoms with van der Waals surface area (Å²) in [6, 6.07) is 11.2. The number of amides is 1. The van der Waals surface area contributed by atoms with Gasteiger partial charge < -0.3 is 29.2 Å². The second kappa shape index (κ2) is 10.4. The molecule has 0 radical (unpaired) electrons. The Balaban J connectivity index is 1.62. The number of hydrogen-bond donors (Lipinski definition) is 2. The molecule has 0 aliphatic carbocycles. The first-order valence-electron chi connectivity index (χ1n) is 11.8. The molecular formula is C26H32ClN3O5. The van der Waals surface area contributed by atoms with Gasteiger partial charge in [-0.1, -0.05) is 30.7 Å². The maximum Gasteiger partial charge on any atom is 0.296 e. The predicted octanol–water partition coefficient (Wildman–Crippen LogP) is 5.06. The van der Waals surface area contributed by atoms with Crippen molar-refractivity contribution in [1.82, 2.24) is 9.88 Å². The van der Waals surface area contributed by atoms with Crippen molar-refractivity contribution < 1.29 is 23.8 Å². The van der Waals surface area contributed by atoms with Crippen molar-refractivity contribution in [3.8, 4) is 5.75 Å². The molecule has 1 aromatic heterocycles. The minimum absolute atomic E-state index is 0.00255. The van der Waals surface area contributed by atoms with Gasteiger partial charge in [0.2, 0.25) is 0 Å². The Morgan fingerprint density at radius 3 is 2.89 bits per heavy atom. The van der Waals surface area contributed by atoms with Crippen LogP contribution in [-0.2, 0) is 4.74 Å². The number of morpholine rings is 1. The Morgan fingerprint density at radius 1 is 1.40 bits per heavy atom. The van der Waals surface area contributed by atoms with E-state index in [9.17, 15) is 9.90 Å². The number of nitrogens with zero attached hydrogens (tertiary/aromatic N) is 2. The molecule has 2 aromatic carbocycles. The number of fused-ring (bicyclic) bond motifs is 1. The molecule has 2 N–H and O–H groups in total. The first-order chi connectivity index (χ1) is 16.8. The van der Waals surface area contributed by atoms with Crippen molar-refractivity contribution in [3.05, 3.63) is 52.5 Å². The number of halogens is 1. The van der Waals surface area contributed by atoms with E-state index in [1.807, 2.05) is 49.9 Å². The summed E-state index contributed by atoms with van der Waals surface area (Å²) in [7, 11) is 1.54. The second-order valence-electron chi connectivity index (χ2n) is 9.20. The zero-order valence-electron chi connectivity index (χ0n) is 20.5. The van der Waals surface area contributed by atoms with Gasteiger partial charge in [-0.15, -0.1) is 0 Å². The number of aliphatic hydroxyl groups is 1. The number of rotatable bonds is 8. The van der Waals surface area contributed by atoms with Crippen LogP contribution < -0.4 is 10.1 Å². The van der Waals surface area contributed by atoms with Gasteiger partial charge >= 0.3 is 0 Å². The molecule has 0 unspecified atom stereocenters. The third kappa shape index (κ3) is 5.39. The van der Waals surface area contributed by atoms with E-state index in [0.717, 1.165) is 12.0 Å². The fraction of sp³-hybridized carbons (Fsp3) is 0.462. The molecule has 0 spiro atoms. The quantitative estimate of drug-likeness (QED) is 0.445. The van der Waals surface area contributed by atoms with E-state index in [1.54, 1.807) is 12.1 Å². The summed E-state index contributed by atoms with van der Waals surface area (Å²) in [5, 5.41) is 13.4. The van der Waals surface area contributed by atoms with Crippen molar-refractivity contribution in [2.75, 3.05) is 32.2 Å². The summed E-state index contributed by atoms with van der Waals surface area (Å²) in [4.78, 5) is 20.0. The highest BCUT2D eigenvalue weighted by atomic mass is 35.5. The molecule has 3 atom stereocenters. The lowest BCUT2D eigenvalue weighted by Crippen LogP contribution is -2.57. The molecule has 188 valence electrons. The SMILES string of the molecule is CC[C@@H]1CO[C@@](C)(CCO)CN1C(=O)c1cc(OC)c2oc(N[C@H](C)c3cccc(Cl)c3)nc2c1. The van der Waals surface area contributed by atoms with Crippen LogP contribution in [0.3, 0.4) is 0 Å². The number of carbonyl (C=O) groups is 1. The van der Waals surface area contributed by atoms with Crippen LogP contribution in [0.2, 0.25) is 5.02 Å². The number of aromatic nitrogens is 1. The minimum Gasteiger partial charge on any atom is -0.493 e. The maximum atomic E-state index is 13.6. The van der Waals surface area contributed by atoms with Gasteiger partial charge in [-0.25, -0.2) is 0 Å². The lowest BCUT2D eigenvalue weighted by Gasteiger charge is -2.45. The van der Waals surface area contributed by atoms with Crippen LogP contribution in [0.4, 0.5) is 6.01 Å². The molecule has 8 nitrogen and oxygen atoms in total. The van der Waals surface area contributed by atoms with Crippen LogP contribution in [0.15, 0.2) is 40.8 Å². The van der Waals surface area contributed by atoms with Gasteiger partial charge in [0, 0.05) is 23.6 Å². The second-order valence-corrected chi connectivity index (χ2v) is 9.63. The van der Waals surface area contributed by atoms with Gasteiger partial charge in [-0.05, 0) is 50.1 Å². The summed E-state index contributed by atoms with van der Waals surface area (Å²) in [6.45, 7) is 6.77. The molecule has 35 heavy (non-hydrogen) atoms. The number of hydrogen-bond acceptors (Lipinski definition) is 7. The fourth-order valence-electron chi connectivity index (χ4n) is 4.44. The normalized spacial score (nSPS) is 21.2. The molecule has 1 amide bonds. The maximum absolute atomic E-state index is 13.6. The molecule has 9 heteroatoms. The van der Waals surface area contributed by atoms with E-state index in [4.69, 9.17) is 25.5 Å². The fourth-order valence-corrected chi connectivity index (χ4v) is 4.63. The number of benzene rings is 2. The number of aliphatic hydroxyl groups excluding tert-OH is 1. The first-order valence-corrected chi connectivity index (χ1v) is 12.2. The topological polar surface area (TPSA) is 97.1 Å². The summed E-state index contributed by atoms with van der Waals surface area (Å²) in [5.41, 5.74) is 1.85. The van der Waals surface area contributed by atoms with E-state index in [0.29, 0.717) is 53.0 Å². The lowest BCUT2D eigenvalue weighted by molar-refractivity contribution is -0.121. The van der Waals surface area contributed by atoms with Crippen molar-refractivity contribution in [2.24, 2.45) is 0 Å². The summed E-state index contributed by atoms with van der Waals surface area (Å²) in [6.07, 6.45) is 1.22. The number of nitrogens with one attached hydrogen (secondary N) is 1. The van der Waals surface area contributed by atoms with E-state index in [2.05, 4.69) is 10.3 Å². The molecule has 0 bridgehead atoms. The smallest absolute Gasteiger partial charge is 0.296 e. The summed E-state index contributed by atoms with van der Waals surface area (Å²) < 4.78 is 17.5. The van der Waals surface area contributed by atoms with E-state index in [1.165, 1.54) is 7.11 Å². The number of ether oxygens (including phenoxy) is 2. The average molecular weight is 502 g/mol. The molecule has 1 aliphatic rings. The minimum atomic E-state index is -0.592. The molecule has 2 heterocycles. The van der Waals surface area contributed by atoms with Crippen LogP contribution in [0.25, 0.3) is 11.1 Å². The van der Waals surface area contributed by atoms with Crippen LogP contribution in [-0.4, -0.2) is 59.4 Å². The highest BCUT2D eigenvalue weighted by molar-refractivity contribution is 6.30. The van der Waals surface area contributed by atoms with Crippen LogP contribution in [0, 0.1) is 0 Å². The van der Waals surface area contributed by atoms with Gasteiger partial charge in [0.05, 0.1) is 37.9 Å². The predicted molar refractivity (Wildman–Crippen MR) is 135 cm³/mol. The van der Waals surface area contributed by atoms with Gasteiger partial charge in [0.15, 0.2) is 11.3 Å². The van der Waals surface area contributed by atoms with Crippen molar-refractivity contribution >= 4 is 34.6 Å². The average Bonchev–Trinajstić information content (AvgIpc) is 3.25. The number of methoxy groups -OCH3 is 1. The Labute approximate surface area is 210 Å². The van der Waals surface area contributed by atoms with Crippen molar-refractivity contribution in [2.45, 2.75) is 51.3 Å². The zero-order valence-corrected chi connectivity index (χ0v) is 21.3. The standard InChI is InChI=1S/C26H32ClN3O5/c1-5-20-14-34-26(3,9-10-31)15-30(20)24(32)18-12-21-23(22(13-18)33-4)35-25(29-21)28-16(2)17-7-6-8-19(27)11-17/h6-8,11-13,16,20,31H,5,9-10,14-15H2,1-4H3,(H,28,29)/t16-,20-,26+/m1/s1. The third-order valence-corrected chi connectivity index (χ3v) is 6.79. The highest BCUT2D eigenvalue weighted by Gasteiger charge is 2.39. The van der Waals surface area contributed by atoms with Crippen molar-refractivity contribution in [3.63, 3.8) is 0 Å². The molecule has 4 rings (SSSR count). The lowest BCUT2D eigenvalue weighted by atomic mass is 9.96. The van der Waals surface area contributed by atoms with Gasteiger partial charge in [0.1, 0.15) is 5.52 Å². The largest absolute Gasteiger partial charge is 0.493 e. The number of oxazole rings is 1. The summed E-state index contributed by atoms with van der Waals surface area (Å²) in [5.74, 6) is 0.301. The Hall–Kier alpha value is -2.81. The van der Waals surface area contributed by atoms with E-state index >= 15 is 0 Å². The van der Waals surface area contributed by atoms with E-state index < -0.39 is 5.60 Å². The van der Waals surface area contributed by atoms with Crippen LogP contribution in [0.5, 0.6) is 5.75 Å². The monoisotopic (exact) mass is 501 g/mol. The molecule has 1 saturated heterocycles. The van der Waals surface area contributed by atoms with Gasteiger partial charge in [-0.3, -0.25) is 4.79 Å².